The SMILES string of the molecule is Clc1n[nH]c2c1NCCC2. The summed E-state index contributed by atoms with van der Waals surface area (Å²) in [5, 5.41) is 10.5. The summed E-state index contributed by atoms with van der Waals surface area (Å²) in [5.41, 5.74) is 2.13. The summed E-state index contributed by atoms with van der Waals surface area (Å²) in [5.74, 6) is 0. The van der Waals surface area contributed by atoms with Crippen molar-refractivity contribution >= 4 is 17.3 Å². The van der Waals surface area contributed by atoms with Gasteiger partial charge in [-0.25, -0.2) is 0 Å². The fourth-order valence-electron chi connectivity index (χ4n) is 1.19. The van der Waals surface area contributed by atoms with Gasteiger partial charge < -0.3 is 5.32 Å². The number of hydrogen-bond donors (Lipinski definition) is 2. The lowest BCUT2D eigenvalue weighted by atomic mass is 10.1. The normalized spacial score (nSPS) is 16.1. The molecule has 0 bridgehead atoms. The summed E-state index contributed by atoms with van der Waals surface area (Å²) in [7, 11) is 0. The van der Waals surface area contributed by atoms with E-state index < -0.39 is 0 Å². The molecule has 0 aromatic carbocycles. The van der Waals surface area contributed by atoms with Crippen molar-refractivity contribution in [2.45, 2.75) is 12.8 Å². The number of fused-ring (bicyclic) bond motifs is 1. The van der Waals surface area contributed by atoms with Gasteiger partial charge in [0.05, 0.1) is 11.4 Å². The van der Waals surface area contributed by atoms with Gasteiger partial charge in [0.15, 0.2) is 5.15 Å². The number of anilines is 1. The van der Waals surface area contributed by atoms with Gasteiger partial charge in [0.1, 0.15) is 0 Å². The molecule has 3 nitrogen and oxygen atoms in total. The van der Waals surface area contributed by atoms with Gasteiger partial charge in [-0.3, -0.25) is 5.10 Å². The summed E-state index contributed by atoms with van der Waals surface area (Å²) < 4.78 is 0. The van der Waals surface area contributed by atoms with Gasteiger partial charge >= 0.3 is 0 Å². The first-order valence-electron chi connectivity index (χ1n) is 3.34. The first-order chi connectivity index (χ1) is 4.88. The minimum atomic E-state index is 0.565. The number of nitrogens with one attached hydrogen (secondary N) is 2. The van der Waals surface area contributed by atoms with Gasteiger partial charge in [0, 0.05) is 6.54 Å². The van der Waals surface area contributed by atoms with Crippen LogP contribution >= 0.6 is 11.6 Å². The third-order valence-electron chi connectivity index (χ3n) is 1.70. The van der Waals surface area contributed by atoms with Crippen molar-refractivity contribution in [1.82, 2.24) is 10.2 Å². The van der Waals surface area contributed by atoms with Crippen molar-refractivity contribution in [3.05, 3.63) is 10.8 Å². The van der Waals surface area contributed by atoms with Crippen LogP contribution in [0.2, 0.25) is 5.15 Å². The van der Waals surface area contributed by atoms with Gasteiger partial charge in [-0.15, -0.1) is 0 Å². The van der Waals surface area contributed by atoms with E-state index in [1.54, 1.807) is 0 Å². The third-order valence-corrected chi connectivity index (χ3v) is 1.98. The molecule has 2 N–H and O–H groups in total. The van der Waals surface area contributed by atoms with Gasteiger partial charge in [0.25, 0.3) is 0 Å². The smallest absolute Gasteiger partial charge is 0.174 e. The van der Waals surface area contributed by atoms with Crippen molar-refractivity contribution in [1.29, 1.82) is 0 Å². The highest BCUT2D eigenvalue weighted by molar-refractivity contribution is 6.32. The zero-order chi connectivity index (χ0) is 6.97. The maximum absolute atomic E-state index is 5.75. The largest absolute Gasteiger partial charge is 0.381 e. The van der Waals surface area contributed by atoms with Crippen molar-refractivity contribution in [2.75, 3.05) is 11.9 Å². The van der Waals surface area contributed by atoms with Crippen LogP contribution in [0.1, 0.15) is 12.1 Å². The Morgan fingerprint density at radius 1 is 1.50 bits per heavy atom. The molecule has 0 fully saturated rings. The molecule has 2 heterocycles. The highest BCUT2D eigenvalue weighted by Crippen LogP contribution is 2.26. The highest BCUT2D eigenvalue weighted by Gasteiger charge is 2.13. The van der Waals surface area contributed by atoms with Crippen LogP contribution in [0.25, 0.3) is 0 Å². The van der Waals surface area contributed by atoms with Crippen LogP contribution in [-0.2, 0) is 6.42 Å². The number of hydrogen-bond acceptors (Lipinski definition) is 2. The molecule has 0 amide bonds. The fraction of sp³-hybridized carbons (Fsp3) is 0.500. The van der Waals surface area contributed by atoms with Crippen molar-refractivity contribution in [3.63, 3.8) is 0 Å². The zero-order valence-corrected chi connectivity index (χ0v) is 6.20. The monoisotopic (exact) mass is 157 g/mol. The van der Waals surface area contributed by atoms with Gasteiger partial charge in [-0.05, 0) is 12.8 Å². The van der Waals surface area contributed by atoms with E-state index in [2.05, 4.69) is 15.5 Å². The standard InChI is InChI=1S/C6H8ClN3/c7-6-5-4(9-10-6)2-1-3-8-5/h8H,1-3H2,(H,9,10). The number of aromatic nitrogens is 2. The quantitative estimate of drug-likeness (QED) is 0.598. The lowest BCUT2D eigenvalue weighted by Crippen LogP contribution is -2.10. The molecule has 54 valence electrons. The molecule has 0 radical (unpaired) electrons. The molecule has 0 saturated heterocycles. The second-order valence-corrected chi connectivity index (χ2v) is 2.76. The Labute approximate surface area is 63.8 Å². The number of H-pyrrole nitrogens is 1. The molecule has 2 rings (SSSR count). The first-order valence-corrected chi connectivity index (χ1v) is 3.72. The molecule has 1 aliphatic rings. The van der Waals surface area contributed by atoms with E-state index in [1.165, 1.54) is 0 Å². The molecule has 0 spiro atoms. The van der Waals surface area contributed by atoms with Crippen LogP contribution in [0.15, 0.2) is 0 Å². The van der Waals surface area contributed by atoms with E-state index in [0.29, 0.717) is 5.15 Å². The van der Waals surface area contributed by atoms with Crippen molar-refractivity contribution in [3.8, 4) is 0 Å². The summed E-state index contributed by atoms with van der Waals surface area (Å²) in [6.07, 6.45) is 2.22. The van der Waals surface area contributed by atoms with E-state index >= 15 is 0 Å². The lowest BCUT2D eigenvalue weighted by molar-refractivity contribution is 0.801. The average molecular weight is 158 g/mol. The average Bonchev–Trinajstić information content (AvgIpc) is 2.34. The number of aromatic amines is 1. The Morgan fingerprint density at radius 2 is 2.40 bits per heavy atom. The number of aryl methyl sites for hydroxylation is 1. The molecule has 0 aliphatic carbocycles. The van der Waals surface area contributed by atoms with E-state index in [1.807, 2.05) is 0 Å². The van der Waals surface area contributed by atoms with Gasteiger partial charge in [-0.1, -0.05) is 11.6 Å². The molecule has 0 atom stereocenters. The van der Waals surface area contributed by atoms with Crippen LogP contribution < -0.4 is 5.32 Å². The van der Waals surface area contributed by atoms with E-state index in [-0.39, 0.29) is 0 Å². The minimum Gasteiger partial charge on any atom is -0.381 e. The second-order valence-electron chi connectivity index (χ2n) is 2.40. The second kappa shape index (κ2) is 2.16. The predicted molar refractivity (Wildman–Crippen MR) is 40.4 cm³/mol. The molecular formula is C6H8ClN3. The maximum Gasteiger partial charge on any atom is 0.174 e. The first kappa shape index (κ1) is 6.04. The van der Waals surface area contributed by atoms with E-state index in [4.69, 9.17) is 11.6 Å². The Bertz CT molecular complexity index is 243. The van der Waals surface area contributed by atoms with Crippen LogP contribution in [0.3, 0.4) is 0 Å². The van der Waals surface area contributed by atoms with Crippen molar-refractivity contribution < 1.29 is 0 Å². The number of halogens is 1. The molecule has 0 unspecified atom stereocenters. The van der Waals surface area contributed by atoms with Crippen molar-refractivity contribution in [2.24, 2.45) is 0 Å². The number of rotatable bonds is 0. The molecule has 1 aromatic rings. The van der Waals surface area contributed by atoms with E-state index in [9.17, 15) is 0 Å². The topological polar surface area (TPSA) is 40.7 Å². The Kier molecular flexibility index (Phi) is 1.31. The maximum atomic E-state index is 5.75. The molecule has 4 heteroatoms. The Morgan fingerprint density at radius 3 is 3.20 bits per heavy atom. The molecular weight excluding hydrogens is 150 g/mol. The molecule has 1 aromatic heterocycles. The Balaban J connectivity index is 2.45. The number of nitrogens with zero attached hydrogens (tertiary/aromatic N) is 1. The van der Waals surface area contributed by atoms with E-state index in [0.717, 1.165) is 30.8 Å². The summed E-state index contributed by atoms with van der Waals surface area (Å²) in [6, 6.07) is 0. The molecule has 10 heavy (non-hydrogen) atoms. The van der Waals surface area contributed by atoms with Crippen LogP contribution in [0.5, 0.6) is 0 Å². The Hall–Kier alpha value is -0.700. The predicted octanol–water partition coefficient (Wildman–Crippen LogP) is 1.42. The highest BCUT2D eigenvalue weighted by atomic mass is 35.5. The van der Waals surface area contributed by atoms with Gasteiger partial charge in [-0.2, -0.15) is 5.10 Å². The van der Waals surface area contributed by atoms with Crippen LogP contribution in [-0.4, -0.2) is 16.7 Å². The lowest BCUT2D eigenvalue weighted by Gasteiger charge is -2.11. The summed E-state index contributed by atoms with van der Waals surface area (Å²) >= 11 is 5.75. The third kappa shape index (κ3) is 0.778. The molecule has 0 saturated carbocycles. The minimum absolute atomic E-state index is 0.565. The van der Waals surface area contributed by atoms with Gasteiger partial charge in [0.2, 0.25) is 0 Å². The summed E-state index contributed by atoms with van der Waals surface area (Å²) in [6.45, 7) is 1.01. The molecule has 1 aliphatic heterocycles. The van der Waals surface area contributed by atoms with Crippen LogP contribution in [0.4, 0.5) is 5.69 Å². The fourth-order valence-corrected chi connectivity index (χ4v) is 1.42. The zero-order valence-electron chi connectivity index (χ0n) is 5.45. The summed E-state index contributed by atoms with van der Waals surface area (Å²) in [4.78, 5) is 0. The van der Waals surface area contributed by atoms with Crippen LogP contribution in [0, 0.1) is 0 Å².